The largest absolute Gasteiger partial charge is 0.390 e. The van der Waals surface area contributed by atoms with Gasteiger partial charge < -0.3 is 9.84 Å². The van der Waals surface area contributed by atoms with Crippen molar-refractivity contribution >= 4 is 0 Å². The minimum Gasteiger partial charge on any atom is -0.390 e. The second-order valence-corrected chi connectivity index (χ2v) is 4.91. The first kappa shape index (κ1) is 8.27. The molecule has 68 valence electrons. The fourth-order valence-corrected chi connectivity index (χ4v) is 2.72. The molecule has 0 amide bonds. The van der Waals surface area contributed by atoms with Crippen LogP contribution in [-0.4, -0.2) is 21.9 Å². The van der Waals surface area contributed by atoms with E-state index in [2.05, 4.69) is 12.2 Å². The molecule has 2 heterocycles. The first-order chi connectivity index (χ1) is 5.33. The van der Waals surface area contributed by atoms with E-state index in [1.54, 1.807) is 0 Å². The average Bonchev–Trinajstić information content (AvgIpc) is 1.98. The van der Waals surface area contributed by atoms with Gasteiger partial charge in [-0.1, -0.05) is 12.2 Å². The number of aliphatic hydroxyl groups is 1. The fourth-order valence-electron chi connectivity index (χ4n) is 2.72. The molecule has 3 atom stereocenters. The van der Waals surface area contributed by atoms with Gasteiger partial charge in [-0.2, -0.15) is 0 Å². The van der Waals surface area contributed by atoms with Gasteiger partial charge in [-0.05, 0) is 20.8 Å². The van der Waals surface area contributed by atoms with Gasteiger partial charge >= 0.3 is 0 Å². The Labute approximate surface area is 73.2 Å². The molecule has 12 heavy (non-hydrogen) atoms. The van der Waals surface area contributed by atoms with Crippen LogP contribution < -0.4 is 0 Å². The fraction of sp³-hybridized carbons (Fsp3) is 0.800. The average molecular weight is 168 g/mol. The Bertz CT molecular complexity index is 222. The molecule has 2 nitrogen and oxygen atoms in total. The maximum absolute atomic E-state index is 9.97. The summed E-state index contributed by atoms with van der Waals surface area (Å²) < 4.78 is 5.84. The van der Waals surface area contributed by atoms with E-state index in [-0.39, 0.29) is 11.2 Å². The maximum atomic E-state index is 9.97. The minimum atomic E-state index is -0.578. The molecule has 0 radical (unpaired) electrons. The summed E-state index contributed by atoms with van der Waals surface area (Å²) in [5.41, 5.74) is -1.06. The summed E-state index contributed by atoms with van der Waals surface area (Å²) in [7, 11) is 0. The molecule has 0 aliphatic carbocycles. The van der Waals surface area contributed by atoms with Crippen LogP contribution in [-0.2, 0) is 4.74 Å². The molecule has 2 aliphatic heterocycles. The van der Waals surface area contributed by atoms with E-state index in [1.807, 2.05) is 20.8 Å². The third kappa shape index (κ3) is 1.19. The lowest BCUT2D eigenvalue weighted by atomic mass is 9.82. The van der Waals surface area contributed by atoms with Gasteiger partial charge in [-0.25, -0.2) is 0 Å². The Morgan fingerprint density at radius 2 is 1.50 bits per heavy atom. The summed E-state index contributed by atoms with van der Waals surface area (Å²) in [6, 6.07) is 0. The van der Waals surface area contributed by atoms with Crippen LogP contribution in [0.5, 0.6) is 0 Å². The molecule has 2 aliphatic rings. The van der Waals surface area contributed by atoms with Crippen molar-refractivity contribution in [2.45, 2.75) is 50.4 Å². The lowest BCUT2D eigenvalue weighted by Gasteiger charge is -2.44. The van der Waals surface area contributed by atoms with Crippen LogP contribution in [0.15, 0.2) is 12.2 Å². The van der Waals surface area contributed by atoms with Crippen LogP contribution in [0.4, 0.5) is 0 Å². The lowest BCUT2D eigenvalue weighted by molar-refractivity contribution is -0.176. The highest BCUT2D eigenvalue weighted by Crippen LogP contribution is 2.46. The van der Waals surface area contributed by atoms with Gasteiger partial charge in [0.15, 0.2) is 0 Å². The van der Waals surface area contributed by atoms with Crippen LogP contribution in [0.1, 0.15) is 33.6 Å². The predicted octanol–water partition coefficient (Wildman–Crippen LogP) is 1.64. The van der Waals surface area contributed by atoms with Crippen LogP contribution >= 0.6 is 0 Å². The van der Waals surface area contributed by atoms with Crippen LogP contribution in [0.25, 0.3) is 0 Å². The van der Waals surface area contributed by atoms with Crippen LogP contribution in [0, 0.1) is 0 Å². The first-order valence-corrected chi connectivity index (χ1v) is 4.46. The standard InChI is InChI=1S/C10H16O2/c1-8(11)6-9(2)4-5-10(3,7-8)12-9/h4-5,11H,6-7H2,1-3H3/t8?,9-,10+. The molecule has 0 aromatic heterocycles. The van der Waals surface area contributed by atoms with Gasteiger partial charge in [-0.15, -0.1) is 0 Å². The molecule has 1 unspecified atom stereocenters. The Balaban J connectivity index is 2.33. The monoisotopic (exact) mass is 168 g/mol. The second-order valence-electron chi connectivity index (χ2n) is 4.91. The normalized spacial score (nSPS) is 57.7. The molecule has 1 fully saturated rings. The van der Waals surface area contributed by atoms with Crippen molar-refractivity contribution in [3.05, 3.63) is 12.2 Å². The highest BCUT2D eigenvalue weighted by atomic mass is 16.5. The van der Waals surface area contributed by atoms with Crippen molar-refractivity contribution in [1.29, 1.82) is 0 Å². The molecule has 1 saturated heterocycles. The molecular weight excluding hydrogens is 152 g/mol. The number of rotatable bonds is 0. The molecule has 0 aromatic carbocycles. The third-order valence-corrected chi connectivity index (χ3v) is 2.72. The number of fused-ring (bicyclic) bond motifs is 2. The number of ether oxygens (including phenoxy) is 1. The molecule has 0 saturated carbocycles. The molecular formula is C10H16O2. The van der Waals surface area contributed by atoms with Crippen molar-refractivity contribution in [2.75, 3.05) is 0 Å². The topological polar surface area (TPSA) is 29.5 Å². The molecule has 2 heteroatoms. The lowest BCUT2D eigenvalue weighted by Crippen LogP contribution is -2.49. The summed E-state index contributed by atoms with van der Waals surface area (Å²) in [5.74, 6) is 0. The van der Waals surface area contributed by atoms with E-state index in [9.17, 15) is 5.11 Å². The zero-order valence-corrected chi connectivity index (χ0v) is 7.92. The summed E-state index contributed by atoms with van der Waals surface area (Å²) in [4.78, 5) is 0. The van der Waals surface area contributed by atoms with Crippen molar-refractivity contribution < 1.29 is 9.84 Å². The van der Waals surface area contributed by atoms with Crippen molar-refractivity contribution in [1.82, 2.24) is 0 Å². The summed E-state index contributed by atoms with van der Waals surface area (Å²) in [5, 5.41) is 9.97. The van der Waals surface area contributed by atoms with Crippen LogP contribution in [0.2, 0.25) is 0 Å². The quantitative estimate of drug-likeness (QED) is 0.557. The van der Waals surface area contributed by atoms with Gasteiger partial charge in [-0.3, -0.25) is 0 Å². The summed E-state index contributed by atoms with van der Waals surface area (Å²) in [6.45, 7) is 5.95. The van der Waals surface area contributed by atoms with E-state index in [1.165, 1.54) is 0 Å². The van der Waals surface area contributed by atoms with E-state index < -0.39 is 5.60 Å². The molecule has 0 spiro atoms. The van der Waals surface area contributed by atoms with E-state index in [4.69, 9.17) is 4.74 Å². The summed E-state index contributed by atoms with van der Waals surface area (Å²) in [6.07, 6.45) is 5.56. The third-order valence-electron chi connectivity index (χ3n) is 2.72. The Kier molecular flexibility index (Phi) is 1.33. The second kappa shape index (κ2) is 1.94. The molecule has 1 N–H and O–H groups in total. The summed E-state index contributed by atoms with van der Waals surface area (Å²) >= 11 is 0. The van der Waals surface area contributed by atoms with Gasteiger partial charge in [0.25, 0.3) is 0 Å². The van der Waals surface area contributed by atoms with Gasteiger partial charge in [0, 0.05) is 12.8 Å². The first-order valence-electron chi connectivity index (χ1n) is 4.46. The SMILES string of the molecule is CC1(O)C[C@]2(C)C=C[C@](C)(C1)O2. The van der Waals surface area contributed by atoms with E-state index >= 15 is 0 Å². The van der Waals surface area contributed by atoms with Crippen molar-refractivity contribution in [3.8, 4) is 0 Å². The highest BCUT2D eigenvalue weighted by molar-refractivity contribution is 5.21. The Hall–Kier alpha value is -0.340. The molecule has 2 rings (SSSR count). The van der Waals surface area contributed by atoms with Gasteiger partial charge in [0.2, 0.25) is 0 Å². The molecule has 2 bridgehead atoms. The highest BCUT2D eigenvalue weighted by Gasteiger charge is 2.50. The van der Waals surface area contributed by atoms with Gasteiger partial charge in [0.05, 0.1) is 16.8 Å². The minimum absolute atomic E-state index is 0.240. The van der Waals surface area contributed by atoms with Crippen molar-refractivity contribution in [3.63, 3.8) is 0 Å². The van der Waals surface area contributed by atoms with E-state index in [0.717, 1.165) is 0 Å². The Morgan fingerprint density at radius 3 is 1.92 bits per heavy atom. The smallest absolute Gasteiger partial charge is 0.0874 e. The van der Waals surface area contributed by atoms with Crippen molar-refractivity contribution in [2.24, 2.45) is 0 Å². The number of hydrogen-bond acceptors (Lipinski definition) is 2. The zero-order chi connectivity index (χ0) is 9.04. The predicted molar refractivity (Wildman–Crippen MR) is 46.9 cm³/mol. The van der Waals surface area contributed by atoms with Gasteiger partial charge in [0.1, 0.15) is 0 Å². The van der Waals surface area contributed by atoms with E-state index in [0.29, 0.717) is 12.8 Å². The number of hydrogen-bond donors (Lipinski definition) is 1. The zero-order valence-electron chi connectivity index (χ0n) is 7.92. The molecule has 0 aromatic rings. The Morgan fingerprint density at radius 1 is 1.08 bits per heavy atom. The maximum Gasteiger partial charge on any atom is 0.0874 e. The van der Waals surface area contributed by atoms with Crippen LogP contribution in [0.3, 0.4) is 0 Å².